The average molecular weight is 563 g/mol. The van der Waals surface area contributed by atoms with Crippen LogP contribution in [0.4, 0.5) is 0 Å². The van der Waals surface area contributed by atoms with Crippen molar-refractivity contribution >= 4 is 0 Å². The van der Waals surface area contributed by atoms with Crippen LogP contribution >= 0.6 is 0 Å². The fourth-order valence-corrected chi connectivity index (χ4v) is 10.4. The van der Waals surface area contributed by atoms with Gasteiger partial charge in [-0.05, 0) is 136 Å². The van der Waals surface area contributed by atoms with Crippen LogP contribution in [-0.4, -0.2) is 5.11 Å². The number of phenols is 1. The first-order valence-corrected chi connectivity index (χ1v) is 19.0. The van der Waals surface area contributed by atoms with E-state index in [1.54, 1.807) is 5.56 Å². The zero-order valence-electron chi connectivity index (χ0n) is 27.3. The molecule has 0 aliphatic heterocycles. The number of hydrogen-bond acceptors (Lipinski definition) is 1. The number of hydrogen-bond donors (Lipinski definition) is 1. The van der Waals surface area contributed by atoms with Crippen LogP contribution in [0.15, 0.2) is 18.2 Å². The molecule has 0 radical (unpaired) electrons. The van der Waals surface area contributed by atoms with Crippen molar-refractivity contribution in [1.82, 2.24) is 0 Å². The molecule has 4 aliphatic carbocycles. The topological polar surface area (TPSA) is 20.2 Å². The molecule has 0 atom stereocenters. The summed E-state index contributed by atoms with van der Waals surface area (Å²) in [5.41, 5.74) is 2.92. The molecule has 41 heavy (non-hydrogen) atoms. The summed E-state index contributed by atoms with van der Waals surface area (Å²) >= 11 is 0. The van der Waals surface area contributed by atoms with Crippen molar-refractivity contribution in [2.24, 2.45) is 35.5 Å². The maximum absolute atomic E-state index is 11.2. The summed E-state index contributed by atoms with van der Waals surface area (Å²) in [7, 11) is 0. The Bertz CT molecular complexity index is 857. The number of unbranched alkanes of at least 4 members (excludes halogenated alkanes) is 4. The molecule has 4 saturated carbocycles. The molecule has 232 valence electrons. The second-order valence-corrected chi connectivity index (χ2v) is 15.6. The summed E-state index contributed by atoms with van der Waals surface area (Å²) in [6, 6.07) is 6.55. The van der Waals surface area contributed by atoms with Crippen molar-refractivity contribution in [2.75, 3.05) is 0 Å². The van der Waals surface area contributed by atoms with Gasteiger partial charge in [0.15, 0.2) is 0 Å². The second-order valence-electron chi connectivity index (χ2n) is 15.6. The molecule has 0 heterocycles. The fourth-order valence-electron chi connectivity index (χ4n) is 10.4. The van der Waals surface area contributed by atoms with E-state index in [1.807, 2.05) is 6.07 Å². The van der Waals surface area contributed by atoms with E-state index in [4.69, 9.17) is 0 Å². The molecule has 1 nitrogen and oxygen atoms in total. The number of benzene rings is 1. The Morgan fingerprint density at radius 1 is 0.512 bits per heavy atom. The quantitative estimate of drug-likeness (QED) is 0.251. The monoisotopic (exact) mass is 563 g/mol. The molecule has 1 aromatic carbocycles. The fraction of sp³-hybridized carbons (Fsp3) is 0.850. The van der Waals surface area contributed by atoms with E-state index >= 15 is 0 Å². The molecule has 0 spiro atoms. The van der Waals surface area contributed by atoms with E-state index in [0.717, 1.165) is 35.5 Å². The maximum Gasteiger partial charge on any atom is 0.119 e. The molecule has 0 bridgehead atoms. The first kappa shape index (κ1) is 31.4. The summed E-state index contributed by atoms with van der Waals surface area (Å²) in [4.78, 5) is 0. The van der Waals surface area contributed by atoms with Crippen LogP contribution in [0, 0.1) is 35.5 Å². The summed E-state index contributed by atoms with van der Waals surface area (Å²) in [5, 5.41) is 11.2. The van der Waals surface area contributed by atoms with Crippen LogP contribution in [0.5, 0.6) is 5.75 Å². The highest BCUT2D eigenvalue weighted by atomic mass is 16.3. The minimum atomic E-state index is 0.591. The minimum absolute atomic E-state index is 0.591. The highest BCUT2D eigenvalue weighted by Gasteiger charge is 2.35. The van der Waals surface area contributed by atoms with Gasteiger partial charge < -0.3 is 5.11 Å². The van der Waals surface area contributed by atoms with E-state index < -0.39 is 0 Å². The van der Waals surface area contributed by atoms with Crippen LogP contribution in [0.25, 0.3) is 0 Å². The summed E-state index contributed by atoms with van der Waals surface area (Å²) in [6.07, 6.45) is 34.5. The molecule has 1 aromatic rings. The summed E-state index contributed by atoms with van der Waals surface area (Å²) in [5.74, 6) is 7.86. The zero-order chi connectivity index (χ0) is 28.4. The smallest absolute Gasteiger partial charge is 0.119 e. The van der Waals surface area contributed by atoms with Crippen molar-refractivity contribution < 1.29 is 5.11 Å². The highest BCUT2D eigenvalue weighted by Crippen LogP contribution is 2.50. The Labute approximate surface area is 255 Å². The van der Waals surface area contributed by atoms with E-state index in [9.17, 15) is 5.11 Å². The Balaban J connectivity index is 1.09. The van der Waals surface area contributed by atoms with Crippen LogP contribution < -0.4 is 0 Å². The van der Waals surface area contributed by atoms with Gasteiger partial charge in [-0.3, -0.25) is 0 Å². The van der Waals surface area contributed by atoms with Crippen molar-refractivity contribution in [1.29, 1.82) is 0 Å². The van der Waals surface area contributed by atoms with Gasteiger partial charge in [-0.25, -0.2) is 0 Å². The van der Waals surface area contributed by atoms with Gasteiger partial charge in [-0.15, -0.1) is 0 Å². The van der Waals surface area contributed by atoms with Crippen molar-refractivity contribution in [2.45, 2.75) is 180 Å². The maximum atomic E-state index is 11.2. The summed E-state index contributed by atoms with van der Waals surface area (Å²) < 4.78 is 0. The zero-order valence-corrected chi connectivity index (χ0v) is 27.3. The lowest BCUT2D eigenvalue weighted by Crippen LogP contribution is -2.27. The predicted octanol–water partition coefficient (Wildman–Crippen LogP) is 12.7. The van der Waals surface area contributed by atoms with E-state index in [2.05, 4.69) is 26.0 Å². The average Bonchev–Trinajstić information content (AvgIpc) is 3.02. The standard InChI is InChI=1S/C40H66O/c1-3-5-7-10-30-14-18-32(19-15-30)34-22-26-36(27-23-34)38-12-9-13-39(41)40(38)37-28-24-35(25-29-37)33-20-16-31(17-21-33)11-8-6-4-2/h9,12-13,30-37,41H,3-8,10-11,14-29H2,1-2H3. The van der Waals surface area contributed by atoms with Crippen molar-refractivity contribution in [3.63, 3.8) is 0 Å². The number of aromatic hydroxyl groups is 1. The van der Waals surface area contributed by atoms with Crippen molar-refractivity contribution in [3.05, 3.63) is 29.3 Å². The molecule has 0 aromatic heterocycles. The second kappa shape index (κ2) is 16.2. The number of phenolic OH excluding ortho intramolecular Hbond substituents is 1. The molecule has 0 saturated heterocycles. The van der Waals surface area contributed by atoms with Gasteiger partial charge in [-0.1, -0.05) is 103 Å². The normalized spacial score (nSPS) is 34.9. The first-order valence-electron chi connectivity index (χ1n) is 19.0. The Kier molecular flexibility index (Phi) is 12.4. The third-order valence-corrected chi connectivity index (χ3v) is 13.1. The minimum Gasteiger partial charge on any atom is -0.508 e. The molecule has 5 rings (SSSR count). The van der Waals surface area contributed by atoms with Crippen LogP contribution in [0.1, 0.15) is 191 Å². The molecule has 0 amide bonds. The largest absolute Gasteiger partial charge is 0.508 e. The van der Waals surface area contributed by atoms with E-state index in [1.165, 1.54) is 160 Å². The molecule has 1 N–H and O–H groups in total. The van der Waals surface area contributed by atoms with Crippen molar-refractivity contribution in [3.8, 4) is 5.75 Å². The SMILES string of the molecule is CCCCCC1CCC(C2CCC(c3cccc(O)c3C3CCC(C4CCC(CCCCC)CC4)CC3)CC2)CC1. The van der Waals surface area contributed by atoms with E-state index in [0.29, 0.717) is 17.6 Å². The third kappa shape index (κ3) is 8.56. The third-order valence-electron chi connectivity index (χ3n) is 13.1. The van der Waals surface area contributed by atoms with Crippen LogP contribution in [0.3, 0.4) is 0 Å². The Hall–Kier alpha value is -0.980. The Morgan fingerprint density at radius 2 is 0.927 bits per heavy atom. The molecule has 1 heteroatoms. The van der Waals surface area contributed by atoms with Gasteiger partial charge in [0.2, 0.25) is 0 Å². The molecule has 0 unspecified atom stereocenters. The lowest BCUT2D eigenvalue weighted by atomic mass is 9.65. The number of rotatable bonds is 12. The van der Waals surface area contributed by atoms with Crippen LogP contribution in [0.2, 0.25) is 0 Å². The van der Waals surface area contributed by atoms with Gasteiger partial charge >= 0.3 is 0 Å². The molecular weight excluding hydrogens is 496 g/mol. The van der Waals surface area contributed by atoms with Gasteiger partial charge in [-0.2, -0.15) is 0 Å². The summed E-state index contributed by atoms with van der Waals surface area (Å²) in [6.45, 7) is 4.66. The van der Waals surface area contributed by atoms with Gasteiger partial charge in [0.1, 0.15) is 5.75 Å². The highest BCUT2D eigenvalue weighted by molar-refractivity contribution is 5.44. The lowest BCUT2D eigenvalue weighted by Gasteiger charge is -2.40. The van der Waals surface area contributed by atoms with E-state index in [-0.39, 0.29) is 0 Å². The lowest BCUT2D eigenvalue weighted by molar-refractivity contribution is 0.152. The molecule has 4 aliphatic rings. The Morgan fingerprint density at radius 3 is 1.37 bits per heavy atom. The van der Waals surface area contributed by atoms with Gasteiger partial charge in [0, 0.05) is 5.56 Å². The predicted molar refractivity (Wildman–Crippen MR) is 177 cm³/mol. The van der Waals surface area contributed by atoms with Crippen LogP contribution in [-0.2, 0) is 0 Å². The van der Waals surface area contributed by atoms with Gasteiger partial charge in [0.05, 0.1) is 0 Å². The molecule has 4 fully saturated rings. The van der Waals surface area contributed by atoms with Gasteiger partial charge in [0.25, 0.3) is 0 Å². The first-order chi connectivity index (χ1) is 20.2. The molecular formula is C40H66O.